The molecule has 1 aromatic carbocycles. The van der Waals surface area contributed by atoms with Crippen molar-refractivity contribution in [3.8, 4) is 5.75 Å². The third kappa shape index (κ3) is 4.92. The highest BCUT2D eigenvalue weighted by Crippen LogP contribution is 2.44. The van der Waals surface area contributed by atoms with Crippen molar-refractivity contribution in [3.05, 3.63) is 27.2 Å². The topological polar surface area (TPSA) is 41.5 Å². The van der Waals surface area contributed by atoms with Gasteiger partial charge in [-0.2, -0.15) is 0 Å². The Kier molecular flexibility index (Phi) is 5.54. The van der Waals surface area contributed by atoms with Crippen LogP contribution in [0.4, 0.5) is 0 Å². The summed E-state index contributed by atoms with van der Waals surface area (Å²) in [5.74, 6) is 0.208. The van der Waals surface area contributed by atoms with E-state index >= 15 is 0 Å². The molecule has 1 rings (SSSR count). The van der Waals surface area contributed by atoms with Gasteiger partial charge in [0.05, 0.1) is 15.1 Å². The van der Waals surface area contributed by atoms with Gasteiger partial charge < -0.3 is 9.42 Å². The number of benzene rings is 1. The zero-order chi connectivity index (χ0) is 13.2. The van der Waals surface area contributed by atoms with E-state index in [0.29, 0.717) is 5.02 Å². The molecule has 1 aromatic rings. The minimum absolute atomic E-state index is 0.00705. The van der Waals surface area contributed by atoms with Gasteiger partial charge in [0.1, 0.15) is 5.75 Å². The van der Waals surface area contributed by atoms with E-state index in [-0.39, 0.29) is 21.8 Å². The normalized spacial score (nSPS) is 14.8. The van der Waals surface area contributed by atoms with Crippen LogP contribution in [0.1, 0.15) is 13.8 Å². The van der Waals surface area contributed by atoms with Crippen LogP contribution in [0.2, 0.25) is 15.1 Å². The molecule has 1 atom stereocenters. The van der Waals surface area contributed by atoms with Gasteiger partial charge in [-0.3, -0.25) is 0 Å². The van der Waals surface area contributed by atoms with Crippen molar-refractivity contribution in [1.29, 1.82) is 0 Å². The van der Waals surface area contributed by atoms with Crippen LogP contribution < -0.4 is 9.61 Å². The van der Waals surface area contributed by atoms with E-state index in [0.717, 1.165) is 0 Å². The Morgan fingerprint density at radius 3 is 2.29 bits per heavy atom. The molecule has 3 nitrogen and oxygen atoms in total. The van der Waals surface area contributed by atoms with Crippen LogP contribution in [-0.4, -0.2) is 10.9 Å². The number of nitrogens with one attached hydrogen (secondary N) is 1. The van der Waals surface area contributed by atoms with Crippen LogP contribution in [-0.2, 0) is 11.8 Å². The summed E-state index contributed by atoms with van der Waals surface area (Å²) in [6, 6.07) is 2.85. The summed E-state index contributed by atoms with van der Waals surface area (Å²) in [7, 11) is 0. The van der Waals surface area contributed by atoms with Crippen molar-refractivity contribution < 1.29 is 9.42 Å². The molecular weight excluding hydrogens is 324 g/mol. The molecule has 0 fully saturated rings. The summed E-state index contributed by atoms with van der Waals surface area (Å²) in [5, 5.41) is 3.59. The van der Waals surface area contributed by atoms with E-state index in [2.05, 4.69) is 5.09 Å². The first-order valence-electron chi connectivity index (χ1n) is 4.66. The number of rotatable bonds is 4. The second kappa shape index (κ2) is 6.07. The number of halogens is 3. The molecule has 0 aliphatic heterocycles. The SMILES string of the molecule is CC(C)NP(O)(=S)Oc1cc(Cl)c(Cl)cc1Cl. The van der Waals surface area contributed by atoms with Crippen LogP contribution in [0.5, 0.6) is 5.75 Å². The van der Waals surface area contributed by atoms with Crippen molar-refractivity contribution in [3.63, 3.8) is 0 Å². The summed E-state index contributed by atoms with van der Waals surface area (Å²) in [6.07, 6.45) is 0. The Bertz CT molecular complexity index is 470. The van der Waals surface area contributed by atoms with Crippen molar-refractivity contribution in [1.82, 2.24) is 5.09 Å². The first kappa shape index (κ1) is 15.5. The highest BCUT2D eigenvalue weighted by Gasteiger charge is 2.19. The van der Waals surface area contributed by atoms with Crippen LogP contribution in [0, 0.1) is 0 Å². The number of hydrogen-bond acceptors (Lipinski definition) is 2. The zero-order valence-corrected chi connectivity index (χ0v) is 13.1. The highest BCUT2D eigenvalue weighted by molar-refractivity contribution is 8.08. The van der Waals surface area contributed by atoms with Crippen molar-refractivity contribution in [2.45, 2.75) is 19.9 Å². The van der Waals surface area contributed by atoms with Crippen molar-refractivity contribution in [2.24, 2.45) is 0 Å². The van der Waals surface area contributed by atoms with Crippen LogP contribution in [0.3, 0.4) is 0 Å². The maximum atomic E-state index is 9.88. The van der Waals surface area contributed by atoms with E-state index in [9.17, 15) is 4.89 Å². The maximum absolute atomic E-state index is 9.88. The van der Waals surface area contributed by atoms with Gasteiger partial charge in [-0.05, 0) is 31.7 Å². The standard InChI is InChI=1S/C9H11Cl3NO2PS/c1-5(2)13-16(14,17)15-9-4-7(11)6(10)3-8(9)12/h3-5H,1-2H3,(H2,13,14,17). The molecule has 0 amide bonds. The van der Waals surface area contributed by atoms with Gasteiger partial charge in [-0.15, -0.1) is 0 Å². The molecule has 0 bridgehead atoms. The average Bonchev–Trinajstić information content (AvgIpc) is 2.11. The maximum Gasteiger partial charge on any atom is 0.310 e. The molecule has 0 aromatic heterocycles. The summed E-state index contributed by atoms with van der Waals surface area (Å²) in [4.78, 5) is 9.88. The first-order valence-corrected chi connectivity index (χ1v) is 8.46. The Hall–Kier alpha value is 0.460. The molecule has 0 spiro atoms. The summed E-state index contributed by atoms with van der Waals surface area (Å²) < 4.78 is 5.27. The second-order valence-electron chi connectivity index (χ2n) is 3.59. The van der Waals surface area contributed by atoms with Crippen molar-refractivity contribution >= 4 is 53.3 Å². The third-order valence-electron chi connectivity index (χ3n) is 1.62. The minimum atomic E-state index is -3.14. The third-order valence-corrected chi connectivity index (χ3v) is 4.46. The fraction of sp³-hybridized carbons (Fsp3) is 0.333. The van der Waals surface area contributed by atoms with Gasteiger partial charge >= 0.3 is 6.64 Å². The predicted octanol–water partition coefficient (Wildman–Crippen LogP) is 4.24. The fourth-order valence-corrected chi connectivity index (χ4v) is 3.69. The first-order chi connectivity index (χ1) is 7.71. The van der Waals surface area contributed by atoms with Crippen molar-refractivity contribution in [2.75, 3.05) is 0 Å². The van der Waals surface area contributed by atoms with Gasteiger partial charge in [0, 0.05) is 12.1 Å². The monoisotopic (exact) mass is 333 g/mol. The van der Waals surface area contributed by atoms with Gasteiger partial charge in [0.2, 0.25) is 0 Å². The lowest BCUT2D eigenvalue weighted by molar-refractivity contribution is 0.457. The molecule has 96 valence electrons. The molecule has 0 heterocycles. The van der Waals surface area contributed by atoms with Crippen LogP contribution in [0.25, 0.3) is 0 Å². The summed E-state index contributed by atoms with van der Waals surface area (Å²) in [5.41, 5.74) is 0. The fourth-order valence-electron chi connectivity index (χ4n) is 1.06. The Balaban J connectivity index is 2.96. The second-order valence-corrected chi connectivity index (χ2v) is 7.78. The van der Waals surface area contributed by atoms with Gasteiger partial charge in [0.25, 0.3) is 0 Å². The van der Waals surface area contributed by atoms with Gasteiger partial charge in [-0.25, -0.2) is 5.09 Å². The molecule has 0 saturated carbocycles. The highest BCUT2D eigenvalue weighted by atomic mass is 35.5. The molecule has 0 radical (unpaired) electrons. The zero-order valence-electron chi connectivity index (χ0n) is 9.08. The van der Waals surface area contributed by atoms with Gasteiger partial charge in [-0.1, -0.05) is 34.8 Å². The Labute approximate surface area is 120 Å². The molecule has 0 aliphatic rings. The summed E-state index contributed by atoms with van der Waals surface area (Å²) in [6.45, 7) is 0.553. The molecule has 0 aliphatic carbocycles. The Morgan fingerprint density at radius 1 is 1.24 bits per heavy atom. The quantitative estimate of drug-likeness (QED) is 0.638. The smallest absolute Gasteiger partial charge is 0.310 e. The lowest BCUT2D eigenvalue weighted by Gasteiger charge is -2.21. The van der Waals surface area contributed by atoms with E-state index in [1.54, 1.807) is 0 Å². The predicted molar refractivity (Wildman–Crippen MR) is 76.9 cm³/mol. The van der Waals surface area contributed by atoms with E-state index in [1.807, 2.05) is 13.8 Å². The lowest BCUT2D eigenvalue weighted by Crippen LogP contribution is -2.21. The molecule has 17 heavy (non-hydrogen) atoms. The summed E-state index contributed by atoms with van der Waals surface area (Å²) >= 11 is 22.4. The minimum Gasteiger partial charge on any atom is -0.431 e. The average molecular weight is 335 g/mol. The Morgan fingerprint density at radius 2 is 1.76 bits per heavy atom. The van der Waals surface area contributed by atoms with Gasteiger partial charge in [0.15, 0.2) is 0 Å². The van der Waals surface area contributed by atoms with E-state index < -0.39 is 6.64 Å². The molecule has 2 N–H and O–H groups in total. The molecule has 8 heteroatoms. The van der Waals surface area contributed by atoms with E-state index in [1.165, 1.54) is 12.1 Å². The number of hydrogen-bond donors (Lipinski definition) is 2. The molecule has 0 saturated heterocycles. The van der Waals surface area contributed by atoms with Crippen LogP contribution >= 0.6 is 41.4 Å². The van der Waals surface area contributed by atoms with Crippen LogP contribution in [0.15, 0.2) is 12.1 Å². The lowest BCUT2D eigenvalue weighted by atomic mass is 10.3. The van der Waals surface area contributed by atoms with E-state index in [4.69, 9.17) is 51.1 Å². The largest absolute Gasteiger partial charge is 0.431 e. The molecule has 1 unspecified atom stereocenters. The molecular formula is C9H11Cl3NO2PS.